The summed E-state index contributed by atoms with van der Waals surface area (Å²) in [6.07, 6.45) is 0. The number of likely N-dealkylation sites (N-methyl/N-ethyl adjacent to an activating group) is 1. The van der Waals surface area contributed by atoms with Crippen LogP contribution >= 0.6 is 0 Å². The second-order valence-corrected chi connectivity index (χ2v) is 8.67. The van der Waals surface area contributed by atoms with Gasteiger partial charge in [0.1, 0.15) is 18.0 Å². The number of nitrogens with one attached hydrogen (secondary N) is 1. The van der Waals surface area contributed by atoms with Gasteiger partial charge in [0.05, 0.1) is 9.82 Å². The smallest absolute Gasteiger partial charge is 0.293 e. The number of nitro groups is 1. The SMILES string of the molecule is CN1CCN(S(=O)(=O)c2ccc(NCCOc3ccccc3)c([N+](=O)[O-])c2)CC1. The van der Waals surface area contributed by atoms with E-state index in [4.69, 9.17) is 4.74 Å². The van der Waals surface area contributed by atoms with E-state index in [0.717, 1.165) is 6.07 Å². The zero-order chi connectivity index (χ0) is 20.9. The van der Waals surface area contributed by atoms with Gasteiger partial charge in [-0.3, -0.25) is 10.1 Å². The first-order valence-corrected chi connectivity index (χ1v) is 10.7. The molecule has 156 valence electrons. The normalized spacial score (nSPS) is 15.8. The molecule has 1 heterocycles. The van der Waals surface area contributed by atoms with Gasteiger partial charge in [-0.2, -0.15) is 4.31 Å². The Bertz CT molecular complexity index is 944. The molecule has 0 aromatic heterocycles. The first kappa shape index (κ1) is 21.0. The van der Waals surface area contributed by atoms with Crippen LogP contribution in [0.5, 0.6) is 5.75 Å². The van der Waals surface area contributed by atoms with E-state index < -0.39 is 14.9 Å². The molecule has 0 unspecified atom stereocenters. The molecule has 2 aromatic carbocycles. The summed E-state index contributed by atoms with van der Waals surface area (Å²) in [6.45, 7) is 2.63. The maximum absolute atomic E-state index is 12.8. The minimum atomic E-state index is -3.77. The molecular weight excluding hydrogens is 396 g/mol. The topological polar surface area (TPSA) is 105 Å². The molecule has 1 N–H and O–H groups in total. The number of rotatable bonds is 8. The van der Waals surface area contributed by atoms with Crippen LogP contribution in [0.15, 0.2) is 53.4 Å². The molecule has 10 heteroatoms. The predicted molar refractivity (Wildman–Crippen MR) is 110 cm³/mol. The fraction of sp³-hybridized carbons (Fsp3) is 0.368. The van der Waals surface area contributed by atoms with Crippen molar-refractivity contribution in [2.75, 3.05) is 51.7 Å². The van der Waals surface area contributed by atoms with Gasteiger partial charge in [-0.15, -0.1) is 0 Å². The van der Waals surface area contributed by atoms with E-state index in [9.17, 15) is 18.5 Å². The Morgan fingerprint density at radius 1 is 1.10 bits per heavy atom. The number of anilines is 1. The Morgan fingerprint density at radius 2 is 1.79 bits per heavy atom. The fourth-order valence-corrected chi connectivity index (χ4v) is 4.46. The van der Waals surface area contributed by atoms with Crippen LogP contribution in [0, 0.1) is 10.1 Å². The van der Waals surface area contributed by atoms with Crippen LogP contribution in [0.1, 0.15) is 0 Å². The summed E-state index contributed by atoms with van der Waals surface area (Å²) in [6, 6.07) is 13.2. The molecule has 2 aromatic rings. The minimum absolute atomic E-state index is 0.0696. The van der Waals surface area contributed by atoms with Crippen molar-refractivity contribution >= 4 is 21.4 Å². The van der Waals surface area contributed by atoms with Gasteiger partial charge >= 0.3 is 0 Å². The van der Waals surface area contributed by atoms with Crippen molar-refractivity contribution in [3.8, 4) is 5.75 Å². The van der Waals surface area contributed by atoms with E-state index in [1.807, 2.05) is 42.3 Å². The van der Waals surface area contributed by atoms with E-state index in [1.54, 1.807) is 0 Å². The van der Waals surface area contributed by atoms with Crippen molar-refractivity contribution in [3.05, 3.63) is 58.6 Å². The molecule has 0 amide bonds. The lowest BCUT2D eigenvalue weighted by Gasteiger charge is -2.31. The first-order valence-electron chi connectivity index (χ1n) is 9.27. The highest BCUT2D eigenvalue weighted by atomic mass is 32.2. The van der Waals surface area contributed by atoms with E-state index in [1.165, 1.54) is 16.4 Å². The summed E-state index contributed by atoms with van der Waals surface area (Å²) in [7, 11) is -1.84. The molecule has 1 aliphatic rings. The molecule has 0 radical (unpaired) electrons. The Labute approximate surface area is 170 Å². The number of piperazine rings is 1. The molecule has 1 fully saturated rings. The average Bonchev–Trinajstić information content (AvgIpc) is 2.72. The molecule has 0 saturated carbocycles. The van der Waals surface area contributed by atoms with Crippen LogP contribution in [0.25, 0.3) is 0 Å². The van der Waals surface area contributed by atoms with Gasteiger partial charge in [0.25, 0.3) is 5.69 Å². The van der Waals surface area contributed by atoms with Gasteiger partial charge in [-0.1, -0.05) is 18.2 Å². The lowest BCUT2D eigenvalue weighted by Crippen LogP contribution is -2.47. The minimum Gasteiger partial charge on any atom is -0.492 e. The molecule has 0 atom stereocenters. The summed E-state index contributed by atoms with van der Waals surface area (Å²) < 4.78 is 32.6. The standard InChI is InChI=1S/C19H24N4O5S/c1-21-10-12-22(13-11-21)29(26,27)17-7-8-18(19(15-17)23(24)25)20-9-14-28-16-5-3-2-4-6-16/h2-8,15,20H,9-14H2,1H3. The second-order valence-electron chi connectivity index (χ2n) is 6.73. The van der Waals surface area contributed by atoms with E-state index in [0.29, 0.717) is 45.1 Å². The number of para-hydroxylation sites is 1. The highest BCUT2D eigenvalue weighted by Crippen LogP contribution is 2.29. The molecule has 0 aliphatic carbocycles. The molecule has 3 rings (SSSR count). The summed E-state index contributed by atoms with van der Waals surface area (Å²) >= 11 is 0. The highest BCUT2D eigenvalue weighted by molar-refractivity contribution is 7.89. The van der Waals surface area contributed by atoms with Gasteiger partial charge in [-0.25, -0.2) is 8.42 Å². The molecular formula is C19H24N4O5S. The second kappa shape index (κ2) is 9.21. The van der Waals surface area contributed by atoms with Gasteiger partial charge in [-0.05, 0) is 31.3 Å². The van der Waals surface area contributed by atoms with E-state index in [-0.39, 0.29) is 16.3 Å². The van der Waals surface area contributed by atoms with Gasteiger partial charge in [0.2, 0.25) is 10.0 Å². The van der Waals surface area contributed by atoms with E-state index in [2.05, 4.69) is 5.32 Å². The number of sulfonamides is 1. The maximum atomic E-state index is 12.8. The number of nitrogens with zero attached hydrogens (tertiary/aromatic N) is 3. The molecule has 0 bridgehead atoms. The number of ether oxygens (including phenoxy) is 1. The lowest BCUT2D eigenvalue weighted by atomic mass is 10.2. The summed E-state index contributed by atoms with van der Waals surface area (Å²) in [5, 5.41) is 14.4. The largest absolute Gasteiger partial charge is 0.492 e. The average molecular weight is 420 g/mol. The zero-order valence-electron chi connectivity index (χ0n) is 16.2. The van der Waals surface area contributed by atoms with Crippen LogP contribution in [0.2, 0.25) is 0 Å². The van der Waals surface area contributed by atoms with Crippen LogP contribution in [0.3, 0.4) is 0 Å². The monoisotopic (exact) mass is 420 g/mol. The maximum Gasteiger partial charge on any atom is 0.293 e. The third-order valence-electron chi connectivity index (χ3n) is 4.70. The molecule has 29 heavy (non-hydrogen) atoms. The summed E-state index contributed by atoms with van der Waals surface area (Å²) in [5.74, 6) is 0.706. The quantitative estimate of drug-likeness (QED) is 0.396. The number of hydrogen-bond acceptors (Lipinski definition) is 7. The number of benzene rings is 2. The Balaban J connectivity index is 1.69. The van der Waals surface area contributed by atoms with Crippen LogP contribution in [-0.2, 0) is 10.0 Å². The van der Waals surface area contributed by atoms with Gasteiger partial charge in [0, 0.05) is 38.8 Å². The number of hydrogen-bond donors (Lipinski definition) is 1. The summed E-state index contributed by atoms with van der Waals surface area (Å²) in [4.78, 5) is 12.9. The van der Waals surface area contributed by atoms with E-state index >= 15 is 0 Å². The van der Waals surface area contributed by atoms with Crippen LogP contribution < -0.4 is 10.1 Å². The third-order valence-corrected chi connectivity index (χ3v) is 6.59. The lowest BCUT2D eigenvalue weighted by molar-refractivity contribution is -0.384. The van der Waals surface area contributed by atoms with Crippen LogP contribution in [0.4, 0.5) is 11.4 Å². The molecule has 0 spiro atoms. The van der Waals surface area contributed by atoms with Gasteiger partial charge < -0.3 is 15.0 Å². The van der Waals surface area contributed by atoms with Crippen LogP contribution in [-0.4, -0.2) is 68.9 Å². The molecule has 9 nitrogen and oxygen atoms in total. The third kappa shape index (κ3) is 5.22. The van der Waals surface area contributed by atoms with Crippen molar-refractivity contribution in [3.63, 3.8) is 0 Å². The predicted octanol–water partition coefficient (Wildman–Crippen LogP) is 2.02. The molecule has 1 aliphatic heterocycles. The molecule has 1 saturated heterocycles. The van der Waals surface area contributed by atoms with Crippen molar-refractivity contribution < 1.29 is 18.1 Å². The van der Waals surface area contributed by atoms with Crippen molar-refractivity contribution in [2.45, 2.75) is 4.90 Å². The summed E-state index contributed by atoms with van der Waals surface area (Å²) in [5.41, 5.74) is -0.0242. The van der Waals surface area contributed by atoms with Gasteiger partial charge in [0.15, 0.2) is 0 Å². The van der Waals surface area contributed by atoms with Crippen molar-refractivity contribution in [1.29, 1.82) is 0 Å². The Hall–Kier alpha value is -2.69. The van der Waals surface area contributed by atoms with Crippen molar-refractivity contribution in [1.82, 2.24) is 9.21 Å². The fourth-order valence-electron chi connectivity index (χ4n) is 3.02. The Kier molecular flexibility index (Phi) is 6.68. The first-order chi connectivity index (χ1) is 13.9. The van der Waals surface area contributed by atoms with Crippen molar-refractivity contribution in [2.24, 2.45) is 0 Å². The number of nitro benzene ring substituents is 1. The highest BCUT2D eigenvalue weighted by Gasteiger charge is 2.29. The zero-order valence-corrected chi connectivity index (χ0v) is 17.0. The Morgan fingerprint density at radius 3 is 2.45 bits per heavy atom.